The quantitative estimate of drug-likeness (QED) is 0.590. The summed E-state index contributed by atoms with van der Waals surface area (Å²) in [7, 11) is 3.23. The third-order valence-electron chi connectivity index (χ3n) is 5.55. The molecule has 1 atom stereocenters. The van der Waals surface area contributed by atoms with Crippen LogP contribution in [0.5, 0.6) is 11.5 Å². The number of hydrogen-bond donors (Lipinski definition) is 0. The molecule has 0 unspecified atom stereocenters. The molecule has 0 saturated carbocycles. The second-order valence-electron chi connectivity index (χ2n) is 7.23. The van der Waals surface area contributed by atoms with Crippen molar-refractivity contribution in [2.45, 2.75) is 31.8 Å². The standard InChI is InChI=1S/C22H23ClN2O5/c1-28-15-6-8-19(29-2)16(13-15)17-4-3-10-24(17)21(26)9-11-25-18-7-5-14(23)12-20(18)30-22(25)27/h5-8,12-13,17H,3-4,9-11H2,1-2H3/t17-/m1/s1. The van der Waals surface area contributed by atoms with Crippen molar-refractivity contribution >= 4 is 28.6 Å². The monoisotopic (exact) mass is 430 g/mol. The van der Waals surface area contributed by atoms with Crippen LogP contribution in [0.25, 0.3) is 11.1 Å². The van der Waals surface area contributed by atoms with Crippen molar-refractivity contribution in [3.05, 3.63) is 57.5 Å². The molecule has 1 aromatic heterocycles. The van der Waals surface area contributed by atoms with E-state index in [2.05, 4.69) is 0 Å². The Bertz CT molecular complexity index is 1140. The van der Waals surface area contributed by atoms with E-state index < -0.39 is 5.76 Å². The van der Waals surface area contributed by atoms with Gasteiger partial charge in [0.15, 0.2) is 5.58 Å². The first kappa shape index (κ1) is 20.3. The summed E-state index contributed by atoms with van der Waals surface area (Å²) in [6.45, 7) is 0.908. The predicted molar refractivity (Wildman–Crippen MR) is 113 cm³/mol. The molecule has 1 aliphatic heterocycles. The summed E-state index contributed by atoms with van der Waals surface area (Å²) in [5, 5.41) is 0.492. The first-order valence-corrected chi connectivity index (χ1v) is 10.2. The van der Waals surface area contributed by atoms with E-state index in [0.717, 1.165) is 29.9 Å². The lowest BCUT2D eigenvalue weighted by Gasteiger charge is -2.27. The average molecular weight is 431 g/mol. The molecule has 0 N–H and O–H groups in total. The number of aryl methyl sites for hydroxylation is 1. The second kappa shape index (κ2) is 8.44. The van der Waals surface area contributed by atoms with E-state index in [0.29, 0.717) is 22.7 Å². The van der Waals surface area contributed by atoms with Gasteiger partial charge in [0.25, 0.3) is 0 Å². The SMILES string of the molecule is COc1ccc(OC)c([C@H]2CCCN2C(=O)CCn2c(=O)oc3cc(Cl)ccc32)c1. The number of hydrogen-bond acceptors (Lipinski definition) is 5. The van der Waals surface area contributed by atoms with E-state index >= 15 is 0 Å². The molecule has 3 aromatic rings. The number of fused-ring (bicyclic) bond motifs is 1. The maximum Gasteiger partial charge on any atom is 0.419 e. The molecule has 1 saturated heterocycles. The third-order valence-corrected chi connectivity index (χ3v) is 5.78. The Morgan fingerprint density at radius 2 is 2.03 bits per heavy atom. The first-order chi connectivity index (χ1) is 14.5. The van der Waals surface area contributed by atoms with Crippen molar-refractivity contribution in [1.82, 2.24) is 9.47 Å². The fourth-order valence-corrected chi connectivity index (χ4v) is 4.25. The number of ether oxygens (including phenoxy) is 2. The Morgan fingerprint density at radius 3 is 2.80 bits per heavy atom. The molecule has 1 amide bonds. The minimum atomic E-state index is -0.493. The van der Waals surface area contributed by atoms with Gasteiger partial charge in [-0.3, -0.25) is 9.36 Å². The normalized spacial score (nSPS) is 16.2. The zero-order valence-corrected chi connectivity index (χ0v) is 17.6. The lowest BCUT2D eigenvalue weighted by Crippen LogP contribution is -2.32. The van der Waals surface area contributed by atoms with Crippen LogP contribution in [0.1, 0.15) is 30.9 Å². The summed E-state index contributed by atoms with van der Waals surface area (Å²) >= 11 is 5.96. The van der Waals surface area contributed by atoms with Crippen molar-refractivity contribution in [3.63, 3.8) is 0 Å². The lowest BCUT2D eigenvalue weighted by atomic mass is 10.0. The minimum absolute atomic E-state index is 0.0161. The topological polar surface area (TPSA) is 73.9 Å². The van der Waals surface area contributed by atoms with E-state index in [-0.39, 0.29) is 24.9 Å². The summed E-state index contributed by atoms with van der Waals surface area (Å²) in [4.78, 5) is 27.2. The van der Waals surface area contributed by atoms with Crippen LogP contribution in [0, 0.1) is 0 Å². The van der Waals surface area contributed by atoms with Crippen LogP contribution < -0.4 is 15.2 Å². The molecule has 158 valence electrons. The second-order valence-corrected chi connectivity index (χ2v) is 7.67. The van der Waals surface area contributed by atoms with E-state index in [1.165, 1.54) is 4.57 Å². The van der Waals surface area contributed by atoms with Crippen LogP contribution in [0.15, 0.2) is 45.6 Å². The molecule has 8 heteroatoms. The van der Waals surface area contributed by atoms with Gasteiger partial charge < -0.3 is 18.8 Å². The zero-order valence-electron chi connectivity index (χ0n) is 16.9. The van der Waals surface area contributed by atoms with Gasteiger partial charge in [-0.1, -0.05) is 11.6 Å². The van der Waals surface area contributed by atoms with E-state index in [9.17, 15) is 9.59 Å². The molecule has 0 bridgehead atoms. The molecule has 2 heterocycles. The fourth-order valence-electron chi connectivity index (χ4n) is 4.09. The largest absolute Gasteiger partial charge is 0.497 e. The van der Waals surface area contributed by atoms with E-state index in [1.807, 2.05) is 23.1 Å². The number of amides is 1. The van der Waals surface area contributed by atoms with Gasteiger partial charge in [-0.05, 0) is 43.2 Å². The number of rotatable bonds is 6. The summed E-state index contributed by atoms with van der Waals surface area (Å²) in [5.74, 6) is 0.944. The number of carbonyl (C=O) groups excluding carboxylic acids is 1. The van der Waals surface area contributed by atoms with Crippen molar-refractivity contribution in [2.24, 2.45) is 0 Å². The molecule has 30 heavy (non-hydrogen) atoms. The number of oxazole rings is 1. The number of methoxy groups -OCH3 is 2. The Kier molecular flexibility index (Phi) is 5.72. The number of nitrogens with zero attached hydrogens (tertiary/aromatic N) is 2. The maximum absolute atomic E-state index is 13.1. The fraction of sp³-hybridized carbons (Fsp3) is 0.364. The summed E-state index contributed by atoms with van der Waals surface area (Å²) < 4.78 is 17.6. The Morgan fingerprint density at radius 1 is 1.20 bits per heavy atom. The molecule has 0 radical (unpaired) electrons. The molecular formula is C22H23ClN2O5. The van der Waals surface area contributed by atoms with E-state index in [4.69, 9.17) is 25.5 Å². The number of halogens is 1. The highest BCUT2D eigenvalue weighted by Crippen LogP contribution is 2.39. The maximum atomic E-state index is 13.1. The van der Waals surface area contributed by atoms with Crippen LogP contribution >= 0.6 is 11.6 Å². The van der Waals surface area contributed by atoms with Crippen LogP contribution in [0.2, 0.25) is 5.02 Å². The lowest BCUT2D eigenvalue weighted by molar-refractivity contribution is -0.132. The Balaban J connectivity index is 1.54. The molecule has 7 nitrogen and oxygen atoms in total. The summed E-state index contributed by atoms with van der Waals surface area (Å²) in [6.07, 6.45) is 1.95. The third kappa shape index (κ3) is 3.77. The number of likely N-dealkylation sites (tertiary alicyclic amines) is 1. The Labute approximate surface area is 178 Å². The molecule has 4 rings (SSSR count). The van der Waals surface area contributed by atoms with Gasteiger partial charge in [-0.25, -0.2) is 4.79 Å². The predicted octanol–water partition coefficient (Wildman–Crippen LogP) is 4.02. The molecule has 1 fully saturated rings. The van der Waals surface area contributed by atoms with Gasteiger partial charge in [0.05, 0.1) is 25.8 Å². The van der Waals surface area contributed by atoms with Gasteiger partial charge in [0.1, 0.15) is 11.5 Å². The number of aromatic nitrogens is 1. The number of carbonyl (C=O) groups is 1. The van der Waals surface area contributed by atoms with Gasteiger partial charge in [0, 0.05) is 36.2 Å². The average Bonchev–Trinajstić information content (AvgIpc) is 3.35. The van der Waals surface area contributed by atoms with Crippen molar-refractivity contribution < 1.29 is 18.7 Å². The van der Waals surface area contributed by atoms with Gasteiger partial charge in [-0.2, -0.15) is 0 Å². The van der Waals surface area contributed by atoms with E-state index in [1.54, 1.807) is 32.4 Å². The molecule has 1 aliphatic rings. The molecular weight excluding hydrogens is 408 g/mol. The van der Waals surface area contributed by atoms with Crippen molar-refractivity contribution in [1.29, 1.82) is 0 Å². The van der Waals surface area contributed by atoms with Crippen molar-refractivity contribution in [2.75, 3.05) is 20.8 Å². The molecule has 0 aliphatic carbocycles. The smallest absolute Gasteiger partial charge is 0.419 e. The van der Waals surface area contributed by atoms with Crippen molar-refractivity contribution in [3.8, 4) is 11.5 Å². The van der Waals surface area contributed by atoms with Gasteiger partial charge >= 0.3 is 5.76 Å². The van der Waals surface area contributed by atoms with Gasteiger partial charge in [0.2, 0.25) is 5.91 Å². The van der Waals surface area contributed by atoms with Crippen LogP contribution in [0.4, 0.5) is 0 Å². The highest BCUT2D eigenvalue weighted by molar-refractivity contribution is 6.31. The first-order valence-electron chi connectivity index (χ1n) is 9.82. The summed E-state index contributed by atoms with van der Waals surface area (Å²) in [6, 6.07) is 10.6. The minimum Gasteiger partial charge on any atom is -0.497 e. The highest BCUT2D eigenvalue weighted by Gasteiger charge is 2.32. The molecule has 0 spiro atoms. The number of benzene rings is 2. The Hall–Kier alpha value is -2.93. The van der Waals surface area contributed by atoms with Crippen LogP contribution in [-0.2, 0) is 11.3 Å². The summed E-state index contributed by atoms with van der Waals surface area (Å²) in [5.41, 5.74) is 1.98. The van der Waals surface area contributed by atoms with Crippen LogP contribution in [-0.4, -0.2) is 36.1 Å². The van der Waals surface area contributed by atoms with Gasteiger partial charge in [-0.15, -0.1) is 0 Å². The van der Waals surface area contributed by atoms with Crippen LogP contribution in [0.3, 0.4) is 0 Å². The highest BCUT2D eigenvalue weighted by atomic mass is 35.5. The zero-order chi connectivity index (χ0) is 21.3. The molecule has 2 aromatic carbocycles.